The Morgan fingerprint density at radius 1 is 0.957 bits per heavy atom. The van der Waals surface area contributed by atoms with E-state index >= 15 is 0 Å². The average Bonchev–Trinajstić information content (AvgIpc) is 2.48. The van der Waals surface area contributed by atoms with Crippen LogP contribution in [0.4, 0.5) is 0 Å². The lowest BCUT2D eigenvalue weighted by Crippen LogP contribution is -2.26. The van der Waals surface area contributed by atoms with E-state index in [1.165, 1.54) is 17.8 Å². The van der Waals surface area contributed by atoms with Crippen LogP contribution in [0.5, 0.6) is 0 Å². The zero-order chi connectivity index (χ0) is 17.3. The van der Waals surface area contributed by atoms with Crippen LogP contribution in [0.25, 0.3) is 0 Å². The van der Waals surface area contributed by atoms with Gasteiger partial charge in [-0.15, -0.1) is 0 Å². The number of benzene rings is 2. The molecule has 0 saturated heterocycles. The summed E-state index contributed by atoms with van der Waals surface area (Å²) in [6.07, 6.45) is 1.08. The maximum atomic E-state index is 10.4. The van der Waals surface area contributed by atoms with Crippen molar-refractivity contribution >= 4 is 58.8 Å². The summed E-state index contributed by atoms with van der Waals surface area (Å²) in [7, 11) is 2.17. The molecule has 0 atom stereocenters. The second kappa shape index (κ2) is 9.66. The minimum Gasteiger partial charge on any atom is -0.398 e. The number of hydrogen-bond acceptors (Lipinski definition) is 2. The van der Waals surface area contributed by atoms with Crippen molar-refractivity contribution in [2.24, 2.45) is 5.73 Å². The van der Waals surface area contributed by atoms with Crippen molar-refractivity contribution < 1.29 is 4.79 Å². The first-order valence-corrected chi connectivity index (χ1v) is 7.92. The SMILES string of the molecule is CC(=O)C=C(N)C(Cl)(Cl)Cl.[B](c1ccccc1)c1ccccc1. The molecule has 2 nitrogen and oxygen atoms in total. The molecule has 0 amide bonds. The molecule has 119 valence electrons. The molecule has 0 unspecified atom stereocenters. The molecule has 0 aromatic heterocycles. The minimum atomic E-state index is -1.67. The highest BCUT2D eigenvalue weighted by Gasteiger charge is 2.23. The summed E-state index contributed by atoms with van der Waals surface area (Å²) in [5, 5.41) is 0. The van der Waals surface area contributed by atoms with Crippen molar-refractivity contribution in [2.45, 2.75) is 10.7 Å². The third kappa shape index (κ3) is 8.70. The van der Waals surface area contributed by atoms with Crippen LogP contribution in [-0.2, 0) is 4.79 Å². The molecule has 0 aliphatic carbocycles. The molecule has 2 aromatic carbocycles. The van der Waals surface area contributed by atoms with Gasteiger partial charge in [-0.3, -0.25) is 4.79 Å². The molecule has 0 fully saturated rings. The first kappa shape index (κ1) is 19.6. The number of alkyl halides is 3. The lowest BCUT2D eigenvalue weighted by atomic mass is 9.64. The lowest BCUT2D eigenvalue weighted by molar-refractivity contribution is -0.112. The van der Waals surface area contributed by atoms with Crippen molar-refractivity contribution in [2.75, 3.05) is 0 Å². The third-order valence-electron chi connectivity index (χ3n) is 2.62. The van der Waals surface area contributed by atoms with Crippen LogP contribution in [0.1, 0.15) is 6.92 Å². The highest BCUT2D eigenvalue weighted by molar-refractivity contribution is 6.69. The summed E-state index contributed by atoms with van der Waals surface area (Å²) in [6.45, 7) is 1.32. The standard InChI is InChI=1S/C12H10B.C5H6Cl3NO/c1-3-7-11(8-4-1)13-12-9-5-2-6-10-12;1-3(10)2-4(9)5(6,7)8/h1-10H;2H,9H2,1H3. The summed E-state index contributed by atoms with van der Waals surface area (Å²) in [4.78, 5) is 10.4. The van der Waals surface area contributed by atoms with Crippen LogP contribution in [0.15, 0.2) is 72.4 Å². The molecule has 1 radical (unpaired) electrons. The van der Waals surface area contributed by atoms with E-state index in [0.29, 0.717) is 0 Å². The molecule has 6 heteroatoms. The van der Waals surface area contributed by atoms with Gasteiger partial charge < -0.3 is 5.73 Å². The highest BCUT2D eigenvalue weighted by atomic mass is 35.6. The highest BCUT2D eigenvalue weighted by Crippen LogP contribution is 2.31. The Kier molecular flexibility index (Phi) is 8.25. The van der Waals surface area contributed by atoms with E-state index in [1.807, 2.05) is 12.1 Å². The molecule has 0 saturated carbocycles. The Hall–Kier alpha value is -1.42. The number of rotatable bonds is 3. The largest absolute Gasteiger partial charge is 0.398 e. The fourth-order valence-electron chi connectivity index (χ4n) is 1.59. The van der Waals surface area contributed by atoms with Gasteiger partial charge in [0.05, 0.1) is 5.70 Å². The topological polar surface area (TPSA) is 43.1 Å². The van der Waals surface area contributed by atoms with Gasteiger partial charge in [0.25, 0.3) is 0 Å². The molecule has 0 bridgehead atoms. The van der Waals surface area contributed by atoms with E-state index in [9.17, 15) is 4.79 Å². The predicted molar refractivity (Wildman–Crippen MR) is 101 cm³/mol. The molecule has 2 rings (SSSR count). The van der Waals surface area contributed by atoms with E-state index < -0.39 is 3.79 Å². The lowest BCUT2D eigenvalue weighted by Gasteiger charge is -2.09. The van der Waals surface area contributed by atoms with Crippen LogP contribution in [0.3, 0.4) is 0 Å². The maximum absolute atomic E-state index is 10.4. The second-order valence-corrected chi connectivity index (χ2v) is 6.96. The van der Waals surface area contributed by atoms with Crippen LogP contribution < -0.4 is 16.7 Å². The number of halogens is 3. The predicted octanol–water partition coefficient (Wildman–Crippen LogP) is 3.13. The summed E-state index contributed by atoms with van der Waals surface area (Å²) < 4.78 is -1.67. The molecular weight excluding hydrogens is 351 g/mol. The second-order valence-electron chi connectivity index (χ2n) is 4.67. The van der Waals surface area contributed by atoms with Crippen molar-refractivity contribution in [3.63, 3.8) is 0 Å². The van der Waals surface area contributed by atoms with Crippen molar-refractivity contribution in [1.29, 1.82) is 0 Å². The van der Waals surface area contributed by atoms with Gasteiger partial charge in [0.2, 0.25) is 3.79 Å². The van der Waals surface area contributed by atoms with Crippen LogP contribution in [0, 0.1) is 0 Å². The number of carbonyl (C=O) groups is 1. The van der Waals surface area contributed by atoms with Gasteiger partial charge >= 0.3 is 0 Å². The Morgan fingerprint density at radius 2 is 1.35 bits per heavy atom. The van der Waals surface area contributed by atoms with E-state index in [2.05, 4.69) is 55.8 Å². The fourth-order valence-corrected chi connectivity index (χ4v) is 1.76. The van der Waals surface area contributed by atoms with Crippen LogP contribution in [-0.4, -0.2) is 16.9 Å². The van der Waals surface area contributed by atoms with Crippen molar-refractivity contribution in [3.05, 3.63) is 72.4 Å². The van der Waals surface area contributed by atoms with Crippen molar-refractivity contribution in [1.82, 2.24) is 0 Å². The summed E-state index contributed by atoms with van der Waals surface area (Å²) in [6, 6.07) is 20.7. The zero-order valence-electron chi connectivity index (χ0n) is 12.5. The average molecular weight is 367 g/mol. The van der Waals surface area contributed by atoms with Crippen LogP contribution >= 0.6 is 34.8 Å². The normalized spacial score (nSPS) is 11.2. The third-order valence-corrected chi connectivity index (χ3v) is 3.27. The Bertz CT molecular complexity index is 602. The smallest absolute Gasteiger partial charge is 0.230 e. The van der Waals surface area contributed by atoms with E-state index in [1.54, 1.807) is 0 Å². The van der Waals surface area contributed by atoms with Crippen LogP contribution in [0.2, 0.25) is 0 Å². The van der Waals surface area contributed by atoms with Gasteiger partial charge in [-0.1, -0.05) is 106 Å². The first-order valence-electron chi connectivity index (χ1n) is 6.79. The Morgan fingerprint density at radius 3 is 1.61 bits per heavy atom. The number of hydrogen-bond donors (Lipinski definition) is 1. The van der Waals surface area contributed by atoms with Gasteiger partial charge in [0.1, 0.15) is 0 Å². The van der Waals surface area contributed by atoms with E-state index in [-0.39, 0.29) is 11.5 Å². The molecule has 0 aliphatic rings. The number of nitrogens with two attached hydrogens (primary N) is 1. The van der Waals surface area contributed by atoms with Gasteiger partial charge in [-0.05, 0) is 6.92 Å². The zero-order valence-corrected chi connectivity index (χ0v) is 14.8. The monoisotopic (exact) mass is 366 g/mol. The molecular formula is C17H16BCl3NO. The number of ketones is 1. The molecule has 2 aromatic rings. The summed E-state index contributed by atoms with van der Waals surface area (Å²) in [5.74, 6) is -0.246. The number of carbonyl (C=O) groups excluding carboxylic acids is 1. The summed E-state index contributed by atoms with van der Waals surface area (Å²) >= 11 is 15.9. The van der Waals surface area contributed by atoms with Gasteiger partial charge in [0.15, 0.2) is 13.1 Å². The number of allylic oxidation sites excluding steroid dienone is 2. The molecule has 0 heterocycles. The minimum absolute atomic E-state index is 0.0648. The van der Waals surface area contributed by atoms with Gasteiger partial charge in [-0.2, -0.15) is 0 Å². The Balaban J connectivity index is 0.000000241. The fraction of sp³-hybridized carbons (Fsp3) is 0.118. The molecule has 2 N–H and O–H groups in total. The van der Waals surface area contributed by atoms with E-state index in [4.69, 9.17) is 40.5 Å². The van der Waals surface area contributed by atoms with Crippen molar-refractivity contribution in [3.8, 4) is 0 Å². The van der Waals surface area contributed by atoms with Gasteiger partial charge in [-0.25, -0.2) is 0 Å². The summed E-state index contributed by atoms with van der Waals surface area (Å²) in [5.41, 5.74) is 7.62. The Labute approximate surface area is 152 Å². The quantitative estimate of drug-likeness (QED) is 0.515. The maximum Gasteiger partial charge on any atom is 0.230 e. The van der Waals surface area contributed by atoms with E-state index in [0.717, 1.165) is 6.08 Å². The molecule has 23 heavy (non-hydrogen) atoms. The molecule has 0 aliphatic heterocycles. The first-order chi connectivity index (χ1) is 10.8. The molecule has 0 spiro atoms. The van der Waals surface area contributed by atoms with Gasteiger partial charge in [0, 0.05) is 6.08 Å².